The number of alkyl halides is 1. The number of ether oxygens (including phenoxy) is 2. The van der Waals surface area contributed by atoms with Gasteiger partial charge in [0.25, 0.3) is 0 Å². The quantitative estimate of drug-likeness (QED) is 0.615. The SMILES string of the molecule is COc1cccc2c1O[C@H](CI)C2. The van der Waals surface area contributed by atoms with E-state index in [2.05, 4.69) is 28.7 Å². The molecule has 2 nitrogen and oxygen atoms in total. The van der Waals surface area contributed by atoms with Crippen molar-refractivity contribution in [3.63, 3.8) is 0 Å². The summed E-state index contributed by atoms with van der Waals surface area (Å²) in [5.41, 5.74) is 1.26. The van der Waals surface area contributed by atoms with Crippen LogP contribution < -0.4 is 9.47 Å². The highest BCUT2D eigenvalue weighted by atomic mass is 127. The van der Waals surface area contributed by atoms with Gasteiger partial charge in [0.1, 0.15) is 6.10 Å². The third-order valence-electron chi connectivity index (χ3n) is 2.18. The molecule has 1 aliphatic rings. The van der Waals surface area contributed by atoms with Gasteiger partial charge in [-0.25, -0.2) is 0 Å². The lowest BCUT2D eigenvalue weighted by atomic mass is 10.1. The van der Waals surface area contributed by atoms with Crippen LogP contribution in [-0.4, -0.2) is 17.6 Å². The maximum absolute atomic E-state index is 5.75. The van der Waals surface area contributed by atoms with Crippen LogP contribution in [0.4, 0.5) is 0 Å². The summed E-state index contributed by atoms with van der Waals surface area (Å²) in [6.07, 6.45) is 1.34. The molecule has 2 rings (SSSR count). The molecule has 0 spiro atoms. The molecule has 0 bridgehead atoms. The van der Waals surface area contributed by atoms with E-state index >= 15 is 0 Å². The molecule has 0 unspecified atom stereocenters. The lowest BCUT2D eigenvalue weighted by Gasteiger charge is -2.08. The van der Waals surface area contributed by atoms with E-state index < -0.39 is 0 Å². The number of hydrogen-bond acceptors (Lipinski definition) is 2. The van der Waals surface area contributed by atoms with Crippen LogP contribution in [0.25, 0.3) is 0 Å². The number of para-hydroxylation sites is 1. The summed E-state index contributed by atoms with van der Waals surface area (Å²) in [6, 6.07) is 6.05. The molecule has 13 heavy (non-hydrogen) atoms. The van der Waals surface area contributed by atoms with Crippen LogP contribution in [0.2, 0.25) is 0 Å². The molecule has 0 saturated carbocycles. The molecular weight excluding hydrogens is 279 g/mol. The van der Waals surface area contributed by atoms with Gasteiger partial charge in [-0.1, -0.05) is 34.7 Å². The molecule has 0 aliphatic carbocycles. The van der Waals surface area contributed by atoms with Crippen molar-refractivity contribution in [2.75, 3.05) is 11.5 Å². The summed E-state index contributed by atoms with van der Waals surface area (Å²) in [4.78, 5) is 0. The van der Waals surface area contributed by atoms with Crippen LogP contribution >= 0.6 is 22.6 Å². The number of hydrogen-bond donors (Lipinski definition) is 0. The average Bonchev–Trinajstić information content (AvgIpc) is 2.59. The lowest BCUT2D eigenvalue weighted by molar-refractivity contribution is 0.250. The van der Waals surface area contributed by atoms with Gasteiger partial charge < -0.3 is 9.47 Å². The van der Waals surface area contributed by atoms with Crippen molar-refractivity contribution in [2.45, 2.75) is 12.5 Å². The van der Waals surface area contributed by atoms with Crippen LogP contribution in [0.1, 0.15) is 5.56 Å². The van der Waals surface area contributed by atoms with E-state index in [-0.39, 0.29) is 0 Å². The van der Waals surface area contributed by atoms with E-state index in [1.165, 1.54) is 5.56 Å². The number of fused-ring (bicyclic) bond motifs is 1. The predicted molar refractivity (Wildman–Crippen MR) is 60.0 cm³/mol. The molecule has 1 aromatic rings. The first-order valence-corrected chi connectivity index (χ1v) is 5.76. The van der Waals surface area contributed by atoms with E-state index in [0.29, 0.717) is 6.10 Å². The first-order chi connectivity index (χ1) is 6.35. The molecule has 0 saturated heterocycles. The summed E-state index contributed by atoms with van der Waals surface area (Å²) < 4.78 is 12.0. The maximum atomic E-state index is 5.75. The fourth-order valence-corrected chi connectivity index (χ4v) is 2.05. The maximum Gasteiger partial charge on any atom is 0.164 e. The Hall–Kier alpha value is -0.450. The zero-order valence-corrected chi connectivity index (χ0v) is 9.58. The second kappa shape index (κ2) is 3.74. The fraction of sp³-hybridized carbons (Fsp3) is 0.400. The molecule has 1 aliphatic heterocycles. The van der Waals surface area contributed by atoms with Crippen LogP contribution in [0, 0.1) is 0 Å². The molecule has 1 aromatic carbocycles. The summed E-state index contributed by atoms with van der Waals surface area (Å²) in [5, 5.41) is 0. The molecule has 3 heteroatoms. The second-order valence-corrected chi connectivity index (χ2v) is 3.93. The van der Waals surface area contributed by atoms with Crippen molar-refractivity contribution < 1.29 is 9.47 Å². The molecule has 70 valence electrons. The van der Waals surface area contributed by atoms with Crippen molar-refractivity contribution in [2.24, 2.45) is 0 Å². The Morgan fingerprint density at radius 1 is 1.62 bits per heavy atom. The highest BCUT2D eigenvalue weighted by molar-refractivity contribution is 14.1. The van der Waals surface area contributed by atoms with E-state index in [0.717, 1.165) is 22.3 Å². The summed E-state index contributed by atoms with van der Waals surface area (Å²) in [5.74, 6) is 1.79. The highest BCUT2D eigenvalue weighted by Crippen LogP contribution is 2.37. The van der Waals surface area contributed by atoms with Gasteiger partial charge in [0.15, 0.2) is 11.5 Å². The van der Waals surface area contributed by atoms with Gasteiger partial charge in [0, 0.05) is 16.4 Å². The van der Waals surface area contributed by atoms with Crippen LogP contribution in [-0.2, 0) is 6.42 Å². The summed E-state index contributed by atoms with van der Waals surface area (Å²) in [6.45, 7) is 0. The Morgan fingerprint density at radius 2 is 2.46 bits per heavy atom. The number of halogens is 1. The molecule has 0 fully saturated rings. The van der Waals surface area contributed by atoms with E-state index in [1.807, 2.05) is 12.1 Å². The van der Waals surface area contributed by atoms with Gasteiger partial charge >= 0.3 is 0 Å². The second-order valence-electron chi connectivity index (χ2n) is 3.05. The Bertz CT molecular complexity index is 312. The zero-order valence-electron chi connectivity index (χ0n) is 7.42. The average molecular weight is 290 g/mol. The molecular formula is C10H11IO2. The van der Waals surface area contributed by atoms with Crippen LogP contribution in [0.15, 0.2) is 18.2 Å². The molecule has 0 amide bonds. The van der Waals surface area contributed by atoms with Crippen molar-refractivity contribution in [1.82, 2.24) is 0 Å². The van der Waals surface area contributed by atoms with Gasteiger partial charge in [-0.15, -0.1) is 0 Å². The first-order valence-electron chi connectivity index (χ1n) is 4.23. The van der Waals surface area contributed by atoms with Crippen molar-refractivity contribution in [3.8, 4) is 11.5 Å². The minimum atomic E-state index is 0.326. The zero-order chi connectivity index (χ0) is 9.26. The van der Waals surface area contributed by atoms with E-state index in [9.17, 15) is 0 Å². The van der Waals surface area contributed by atoms with Gasteiger partial charge in [-0.3, -0.25) is 0 Å². The van der Waals surface area contributed by atoms with Crippen LogP contribution in [0.5, 0.6) is 11.5 Å². The molecule has 0 N–H and O–H groups in total. The number of rotatable bonds is 2. The Balaban J connectivity index is 2.33. The van der Waals surface area contributed by atoms with Crippen molar-refractivity contribution in [3.05, 3.63) is 23.8 Å². The Kier molecular flexibility index (Phi) is 2.62. The monoisotopic (exact) mass is 290 g/mol. The predicted octanol–water partition coefficient (Wildman–Crippen LogP) is 2.43. The lowest BCUT2D eigenvalue weighted by Crippen LogP contribution is -2.13. The largest absolute Gasteiger partial charge is 0.493 e. The third-order valence-corrected chi connectivity index (χ3v) is 3.17. The van der Waals surface area contributed by atoms with E-state index in [1.54, 1.807) is 7.11 Å². The van der Waals surface area contributed by atoms with Crippen LogP contribution in [0.3, 0.4) is 0 Å². The smallest absolute Gasteiger partial charge is 0.164 e. The topological polar surface area (TPSA) is 18.5 Å². The summed E-state index contributed by atoms with van der Waals surface area (Å²) >= 11 is 2.35. The Labute approximate surface area is 91.4 Å². The third kappa shape index (κ3) is 1.61. The fourth-order valence-electron chi connectivity index (χ4n) is 1.56. The standard InChI is InChI=1S/C10H11IO2/c1-12-9-4-2-3-7-5-8(6-11)13-10(7)9/h2-4,8H,5-6H2,1H3/t8-/m0/s1. The molecule has 0 radical (unpaired) electrons. The van der Waals surface area contributed by atoms with Gasteiger partial charge in [-0.2, -0.15) is 0 Å². The minimum absolute atomic E-state index is 0.326. The molecule has 0 aromatic heterocycles. The highest BCUT2D eigenvalue weighted by Gasteiger charge is 2.24. The number of benzene rings is 1. The first kappa shape index (κ1) is 9.12. The minimum Gasteiger partial charge on any atom is -0.493 e. The van der Waals surface area contributed by atoms with Gasteiger partial charge in [-0.05, 0) is 6.07 Å². The van der Waals surface area contributed by atoms with Gasteiger partial charge in [0.2, 0.25) is 0 Å². The molecule has 1 atom stereocenters. The van der Waals surface area contributed by atoms with Gasteiger partial charge in [0.05, 0.1) is 7.11 Å². The summed E-state index contributed by atoms with van der Waals surface area (Å²) in [7, 11) is 1.68. The van der Waals surface area contributed by atoms with Crippen molar-refractivity contribution in [1.29, 1.82) is 0 Å². The number of methoxy groups -OCH3 is 1. The van der Waals surface area contributed by atoms with E-state index in [4.69, 9.17) is 9.47 Å². The Morgan fingerprint density at radius 3 is 3.15 bits per heavy atom. The van der Waals surface area contributed by atoms with Crippen molar-refractivity contribution >= 4 is 22.6 Å². The normalized spacial score (nSPS) is 19.4. The molecule has 1 heterocycles.